The van der Waals surface area contributed by atoms with Crippen LogP contribution in [0.4, 0.5) is 11.4 Å². The molecule has 27 heavy (non-hydrogen) atoms. The van der Waals surface area contributed by atoms with Crippen molar-refractivity contribution in [2.24, 2.45) is 5.92 Å². The molecule has 4 rings (SSSR count). The number of hydrogen-bond acceptors (Lipinski definition) is 3. The van der Waals surface area contributed by atoms with Gasteiger partial charge in [0.1, 0.15) is 0 Å². The molecule has 1 heterocycles. The minimum absolute atomic E-state index is 0.106. The van der Waals surface area contributed by atoms with Gasteiger partial charge in [0, 0.05) is 36.4 Å². The van der Waals surface area contributed by atoms with Crippen LogP contribution in [0.1, 0.15) is 60.5 Å². The molecule has 1 aliphatic carbocycles. The van der Waals surface area contributed by atoms with Gasteiger partial charge in [-0.25, -0.2) is 0 Å². The lowest BCUT2D eigenvalue weighted by Crippen LogP contribution is -2.16. The molecule has 0 bridgehead atoms. The molecule has 1 fully saturated rings. The third-order valence-electron chi connectivity index (χ3n) is 5.80. The number of fused-ring (bicyclic) bond motifs is 1. The molecule has 140 valence electrons. The maximum Gasteiger partial charge on any atom is 0.224 e. The molecule has 1 amide bonds. The maximum absolute atomic E-state index is 12.2. The molecule has 0 radical (unpaired) electrons. The quantitative estimate of drug-likeness (QED) is 0.768. The Morgan fingerprint density at radius 1 is 1.00 bits per heavy atom. The molecule has 4 heteroatoms. The summed E-state index contributed by atoms with van der Waals surface area (Å²) < 4.78 is 0. The monoisotopic (exact) mass is 362 g/mol. The zero-order valence-corrected chi connectivity index (χ0v) is 15.8. The van der Waals surface area contributed by atoms with Gasteiger partial charge in [0.15, 0.2) is 5.78 Å². The van der Waals surface area contributed by atoms with Gasteiger partial charge >= 0.3 is 0 Å². The van der Waals surface area contributed by atoms with Crippen molar-refractivity contribution < 1.29 is 9.59 Å². The average molecular weight is 362 g/mol. The lowest BCUT2D eigenvalue weighted by Gasteiger charge is -2.18. The van der Waals surface area contributed by atoms with Crippen LogP contribution in [0.5, 0.6) is 0 Å². The predicted octanol–water partition coefficient (Wildman–Crippen LogP) is 4.93. The van der Waals surface area contributed by atoms with Crippen molar-refractivity contribution >= 4 is 23.1 Å². The number of rotatable bonds is 5. The van der Waals surface area contributed by atoms with E-state index in [1.807, 2.05) is 24.3 Å². The van der Waals surface area contributed by atoms with E-state index < -0.39 is 0 Å². The Morgan fingerprint density at radius 2 is 1.70 bits per heavy atom. The van der Waals surface area contributed by atoms with Crippen LogP contribution in [0.2, 0.25) is 0 Å². The van der Waals surface area contributed by atoms with E-state index in [4.69, 9.17) is 0 Å². The topological polar surface area (TPSA) is 49.4 Å². The second-order valence-corrected chi connectivity index (χ2v) is 7.85. The molecule has 2 aromatic carbocycles. The number of anilines is 2. The number of amides is 1. The molecule has 0 spiro atoms. The lowest BCUT2D eigenvalue weighted by molar-refractivity contribution is -0.117. The average Bonchev–Trinajstić information content (AvgIpc) is 3.30. The Hall–Kier alpha value is -2.62. The second-order valence-electron chi connectivity index (χ2n) is 7.85. The van der Waals surface area contributed by atoms with Gasteiger partial charge in [-0.05, 0) is 67.1 Å². The number of Topliss-reactive ketones (excluding diaryl/α,β-unsaturated/α-hetero) is 1. The van der Waals surface area contributed by atoms with E-state index in [9.17, 15) is 9.59 Å². The normalized spacial score (nSPS) is 16.4. The zero-order valence-electron chi connectivity index (χ0n) is 15.8. The summed E-state index contributed by atoms with van der Waals surface area (Å²) >= 11 is 0. The van der Waals surface area contributed by atoms with E-state index in [-0.39, 0.29) is 11.7 Å². The Bertz CT molecular complexity index is 851. The van der Waals surface area contributed by atoms with Crippen molar-refractivity contribution in [3.05, 3.63) is 59.2 Å². The highest BCUT2D eigenvalue weighted by atomic mass is 16.1. The van der Waals surface area contributed by atoms with Gasteiger partial charge in [0.2, 0.25) is 5.91 Å². The molecule has 4 nitrogen and oxygen atoms in total. The molecular weight excluding hydrogens is 336 g/mol. The third kappa shape index (κ3) is 4.05. The number of nitrogens with zero attached hydrogens (tertiary/aromatic N) is 1. The molecular formula is C23H26N2O2. The van der Waals surface area contributed by atoms with E-state index in [1.54, 1.807) is 6.92 Å². The molecule has 1 aliphatic heterocycles. The van der Waals surface area contributed by atoms with E-state index in [2.05, 4.69) is 28.4 Å². The van der Waals surface area contributed by atoms with Gasteiger partial charge in [0.05, 0.1) is 0 Å². The first-order valence-electron chi connectivity index (χ1n) is 9.86. The highest BCUT2D eigenvalue weighted by Crippen LogP contribution is 2.30. The van der Waals surface area contributed by atoms with Crippen molar-refractivity contribution in [1.29, 1.82) is 0 Å². The second kappa shape index (κ2) is 7.55. The minimum atomic E-state index is 0.106. The van der Waals surface area contributed by atoms with Crippen LogP contribution in [0.25, 0.3) is 0 Å². The highest BCUT2D eigenvalue weighted by molar-refractivity contribution is 5.94. The van der Waals surface area contributed by atoms with Crippen molar-refractivity contribution in [2.45, 2.75) is 52.1 Å². The van der Waals surface area contributed by atoms with Gasteiger partial charge in [-0.2, -0.15) is 0 Å². The summed E-state index contributed by atoms with van der Waals surface area (Å²) in [5, 5.41) is 3.03. The van der Waals surface area contributed by atoms with Gasteiger partial charge in [0.25, 0.3) is 0 Å². The summed E-state index contributed by atoms with van der Waals surface area (Å²) in [5.74, 6) is 0.793. The molecule has 0 atom stereocenters. The Morgan fingerprint density at radius 3 is 2.41 bits per heavy atom. The Kier molecular flexibility index (Phi) is 4.97. The van der Waals surface area contributed by atoms with Crippen molar-refractivity contribution in [2.75, 3.05) is 10.2 Å². The molecule has 1 saturated carbocycles. The van der Waals surface area contributed by atoms with Crippen LogP contribution in [0.15, 0.2) is 42.5 Å². The van der Waals surface area contributed by atoms with Crippen LogP contribution in [0, 0.1) is 5.92 Å². The van der Waals surface area contributed by atoms with E-state index in [0.29, 0.717) is 12.3 Å². The highest BCUT2D eigenvalue weighted by Gasteiger charge is 2.21. The van der Waals surface area contributed by atoms with Gasteiger partial charge in [-0.1, -0.05) is 25.0 Å². The number of benzene rings is 2. The van der Waals surface area contributed by atoms with E-state index in [1.165, 1.54) is 36.8 Å². The van der Waals surface area contributed by atoms with Crippen molar-refractivity contribution in [3.8, 4) is 0 Å². The number of hydrogen-bond donors (Lipinski definition) is 1. The summed E-state index contributed by atoms with van der Waals surface area (Å²) in [6, 6.07) is 14.1. The van der Waals surface area contributed by atoms with E-state index in [0.717, 1.165) is 30.0 Å². The standard InChI is InChI=1S/C23H26N2O2/c1-16(26)18-6-7-19-14-25(15-20(19)13-18)22-10-8-21(9-11-22)24-23(27)12-17-4-2-3-5-17/h6-11,13,17H,2-5,12,14-15H2,1H3,(H,24,27). The molecule has 0 unspecified atom stereocenters. The summed E-state index contributed by atoms with van der Waals surface area (Å²) in [4.78, 5) is 26.1. The van der Waals surface area contributed by atoms with Crippen LogP contribution in [0.3, 0.4) is 0 Å². The third-order valence-corrected chi connectivity index (χ3v) is 5.80. The summed E-state index contributed by atoms with van der Waals surface area (Å²) in [6.07, 6.45) is 5.54. The fraction of sp³-hybridized carbons (Fsp3) is 0.391. The Balaban J connectivity index is 1.38. The summed E-state index contributed by atoms with van der Waals surface area (Å²) in [5.41, 5.74) is 5.25. The summed E-state index contributed by atoms with van der Waals surface area (Å²) in [7, 11) is 0. The lowest BCUT2D eigenvalue weighted by atomic mass is 10.0. The minimum Gasteiger partial charge on any atom is -0.363 e. The first kappa shape index (κ1) is 17.8. The number of carbonyl (C=O) groups is 2. The fourth-order valence-electron chi connectivity index (χ4n) is 4.24. The van der Waals surface area contributed by atoms with Crippen LogP contribution in [-0.4, -0.2) is 11.7 Å². The first-order chi connectivity index (χ1) is 13.1. The summed E-state index contributed by atoms with van der Waals surface area (Å²) in [6.45, 7) is 3.26. The van der Waals surface area contributed by atoms with Gasteiger partial charge in [-0.3, -0.25) is 9.59 Å². The van der Waals surface area contributed by atoms with Crippen molar-refractivity contribution in [3.63, 3.8) is 0 Å². The van der Waals surface area contributed by atoms with Crippen LogP contribution in [-0.2, 0) is 17.9 Å². The Labute approximate surface area is 160 Å². The smallest absolute Gasteiger partial charge is 0.224 e. The maximum atomic E-state index is 12.2. The molecule has 2 aromatic rings. The SMILES string of the molecule is CC(=O)c1ccc2c(c1)CN(c1ccc(NC(=O)CC3CCCC3)cc1)C2. The van der Waals surface area contributed by atoms with Gasteiger partial charge in [-0.15, -0.1) is 0 Å². The molecule has 2 aliphatic rings. The predicted molar refractivity (Wildman–Crippen MR) is 108 cm³/mol. The van der Waals surface area contributed by atoms with Crippen molar-refractivity contribution in [1.82, 2.24) is 0 Å². The molecule has 0 aromatic heterocycles. The largest absolute Gasteiger partial charge is 0.363 e. The van der Waals surface area contributed by atoms with Crippen LogP contribution >= 0.6 is 0 Å². The fourth-order valence-corrected chi connectivity index (χ4v) is 4.24. The van der Waals surface area contributed by atoms with E-state index >= 15 is 0 Å². The van der Waals surface area contributed by atoms with Gasteiger partial charge < -0.3 is 10.2 Å². The number of ketones is 1. The number of nitrogens with one attached hydrogen (secondary N) is 1. The molecule has 0 saturated heterocycles. The number of carbonyl (C=O) groups excluding carboxylic acids is 2. The molecule has 1 N–H and O–H groups in total. The first-order valence-corrected chi connectivity index (χ1v) is 9.86. The zero-order chi connectivity index (χ0) is 18.8. The van der Waals surface area contributed by atoms with Crippen LogP contribution < -0.4 is 10.2 Å².